The molecule has 1 aliphatic heterocycles. The first-order valence-electron chi connectivity index (χ1n) is 7.44. The van der Waals surface area contributed by atoms with Gasteiger partial charge in [0.05, 0.1) is 12.2 Å². The standard InChI is InChI=1S/C17H20N2O3/c1-11-9-19(10-12(2)21-11)17(20)16-8-7-15(22-16)13-5-3-4-6-14(13)18/h3-8,11-12H,9-10,18H2,1-2H3. The molecule has 5 nitrogen and oxygen atoms in total. The Balaban J connectivity index is 1.82. The lowest BCUT2D eigenvalue weighted by Gasteiger charge is -2.34. The molecule has 0 saturated carbocycles. The summed E-state index contributed by atoms with van der Waals surface area (Å²) in [6.45, 7) is 5.09. The molecule has 5 heteroatoms. The van der Waals surface area contributed by atoms with Crippen molar-refractivity contribution in [1.29, 1.82) is 0 Å². The third-order valence-electron chi connectivity index (χ3n) is 3.75. The summed E-state index contributed by atoms with van der Waals surface area (Å²) >= 11 is 0. The van der Waals surface area contributed by atoms with Crippen LogP contribution < -0.4 is 5.73 Å². The fourth-order valence-electron chi connectivity index (χ4n) is 2.82. The summed E-state index contributed by atoms with van der Waals surface area (Å²) < 4.78 is 11.4. The highest BCUT2D eigenvalue weighted by Gasteiger charge is 2.28. The Morgan fingerprint density at radius 3 is 2.50 bits per heavy atom. The lowest BCUT2D eigenvalue weighted by Crippen LogP contribution is -2.48. The molecule has 1 aromatic carbocycles. The summed E-state index contributed by atoms with van der Waals surface area (Å²) in [5, 5.41) is 0. The van der Waals surface area contributed by atoms with Crippen molar-refractivity contribution in [3.63, 3.8) is 0 Å². The van der Waals surface area contributed by atoms with E-state index < -0.39 is 0 Å². The molecule has 116 valence electrons. The monoisotopic (exact) mass is 300 g/mol. The molecule has 0 bridgehead atoms. The topological polar surface area (TPSA) is 68.7 Å². The van der Waals surface area contributed by atoms with Gasteiger partial charge in [0.2, 0.25) is 0 Å². The van der Waals surface area contributed by atoms with Gasteiger partial charge in [-0.1, -0.05) is 12.1 Å². The van der Waals surface area contributed by atoms with Gasteiger partial charge < -0.3 is 19.8 Å². The number of ether oxygens (including phenoxy) is 1. The molecule has 1 saturated heterocycles. The van der Waals surface area contributed by atoms with Crippen LogP contribution in [-0.2, 0) is 4.74 Å². The van der Waals surface area contributed by atoms with E-state index in [0.717, 1.165) is 5.56 Å². The van der Waals surface area contributed by atoms with Crippen LogP contribution in [0.15, 0.2) is 40.8 Å². The first-order chi connectivity index (χ1) is 10.5. The second kappa shape index (κ2) is 5.85. The average Bonchev–Trinajstić information content (AvgIpc) is 2.95. The molecule has 3 rings (SSSR count). The molecule has 1 fully saturated rings. The van der Waals surface area contributed by atoms with Gasteiger partial charge in [-0.15, -0.1) is 0 Å². The van der Waals surface area contributed by atoms with Crippen LogP contribution in [0, 0.1) is 0 Å². The predicted octanol–water partition coefficient (Wildman–Crippen LogP) is 2.78. The minimum Gasteiger partial charge on any atom is -0.451 e. The van der Waals surface area contributed by atoms with Gasteiger partial charge >= 0.3 is 0 Å². The number of hydrogen-bond donors (Lipinski definition) is 1. The van der Waals surface area contributed by atoms with E-state index >= 15 is 0 Å². The number of furan rings is 1. The van der Waals surface area contributed by atoms with Crippen molar-refractivity contribution in [2.24, 2.45) is 0 Å². The van der Waals surface area contributed by atoms with E-state index in [2.05, 4.69) is 0 Å². The Kier molecular flexibility index (Phi) is 3.90. The summed E-state index contributed by atoms with van der Waals surface area (Å²) in [7, 11) is 0. The highest BCUT2D eigenvalue weighted by Crippen LogP contribution is 2.28. The second-order valence-electron chi connectivity index (χ2n) is 5.72. The number of para-hydroxylation sites is 1. The fourth-order valence-corrected chi connectivity index (χ4v) is 2.82. The molecule has 1 aliphatic rings. The molecule has 2 unspecified atom stereocenters. The van der Waals surface area contributed by atoms with Crippen LogP contribution in [0.4, 0.5) is 5.69 Å². The SMILES string of the molecule is CC1CN(C(=O)c2ccc(-c3ccccc3N)o2)CC(C)O1. The summed E-state index contributed by atoms with van der Waals surface area (Å²) in [5.74, 6) is 0.832. The maximum Gasteiger partial charge on any atom is 0.289 e. The molecular weight excluding hydrogens is 280 g/mol. The van der Waals surface area contributed by atoms with Gasteiger partial charge in [0.1, 0.15) is 5.76 Å². The number of nitrogen functional groups attached to an aromatic ring is 1. The Morgan fingerprint density at radius 1 is 1.14 bits per heavy atom. The zero-order chi connectivity index (χ0) is 15.7. The Morgan fingerprint density at radius 2 is 1.82 bits per heavy atom. The fraction of sp³-hybridized carbons (Fsp3) is 0.353. The number of hydrogen-bond acceptors (Lipinski definition) is 4. The van der Waals surface area contributed by atoms with Gasteiger partial charge in [-0.25, -0.2) is 0 Å². The van der Waals surface area contributed by atoms with Crippen LogP contribution in [0.25, 0.3) is 11.3 Å². The highest BCUT2D eigenvalue weighted by molar-refractivity contribution is 5.92. The van der Waals surface area contributed by atoms with Crippen LogP contribution >= 0.6 is 0 Å². The highest BCUT2D eigenvalue weighted by atomic mass is 16.5. The number of rotatable bonds is 2. The normalized spacial score (nSPS) is 21.8. The van der Waals surface area contributed by atoms with E-state index in [4.69, 9.17) is 14.9 Å². The number of benzene rings is 1. The number of amides is 1. The maximum absolute atomic E-state index is 12.6. The van der Waals surface area contributed by atoms with E-state index in [1.165, 1.54) is 0 Å². The van der Waals surface area contributed by atoms with Crippen LogP contribution in [0.2, 0.25) is 0 Å². The van der Waals surface area contributed by atoms with Crippen molar-refractivity contribution < 1.29 is 13.9 Å². The van der Waals surface area contributed by atoms with Crippen molar-refractivity contribution in [2.75, 3.05) is 18.8 Å². The minimum absolute atomic E-state index is 0.0342. The number of anilines is 1. The first-order valence-corrected chi connectivity index (χ1v) is 7.44. The lowest BCUT2D eigenvalue weighted by atomic mass is 10.1. The number of nitrogens with zero attached hydrogens (tertiary/aromatic N) is 1. The average molecular weight is 300 g/mol. The van der Waals surface area contributed by atoms with Crippen molar-refractivity contribution in [3.05, 3.63) is 42.2 Å². The van der Waals surface area contributed by atoms with Gasteiger partial charge in [0, 0.05) is 24.3 Å². The van der Waals surface area contributed by atoms with Crippen LogP contribution in [0.3, 0.4) is 0 Å². The third-order valence-corrected chi connectivity index (χ3v) is 3.75. The Bertz CT molecular complexity index is 670. The molecule has 2 N–H and O–H groups in total. The third kappa shape index (κ3) is 2.85. The summed E-state index contributed by atoms with van der Waals surface area (Å²) in [6.07, 6.45) is 0.0683. The van der Waals surface area contributed by atoms with Gasteiger partial charge in [0.25, 0.3) is 5.91 Å². The van der Waals surface area contributed by atoms with Crippen molar-refractivity contribution in [1.82, 2.24) is 4.90 Å². The summed E-state index contributed by atoms with van der Waals surface area (Å²) in [4.78, 5) is 14.3. The molecule has 0 radical (unpaired) electrons. The van der Waals surface area contributed by atoms with Crippen LogP contribution in [-0.4, -0.2) is 36.1 Å². The zero-order valence-electron chi connectivity index (χ0n) is 12.8. The summed E-state index contributed by atoms with van der Waals surface area (Å²) in [6, 6.07) is 10.9. The van der Waals surface area contributed by atoms with E-state index in [9.17, 15) is 4.79 Å². The largest absolute Gasteiger partial charge is 0.451 e. The number of nitrogens with two attached hydrogens (primary N) is 1. The van der Waals surface area contributed by atoms with Gasteiger partial charge in [-0.3, -0.25) is 4.79 Å². The number of carbonyl (C=O) groups excluding carboxylic acids is 1. The van der Waals surface area contributed by atoms with Crippen LogP contribution in [0.1, 0.15) is 24.4 Å². The molecule has 2 atom stereocenters. The van der Waals surface area contributed by atoms with Crippen molar-refractivity contribution >= 4 is 11.6 Å². The van der Waals surface area contributed by atoms with E-state index in [0.29, 0.717) is 30.3 Å². The number of morpholine rings is 1. The maximum atomic E-state index is 12.6. The quantitative estimate of drug-likeness (QED) is 0.866. The number of carbonyl (C=O) groups is 1. The minimum atomic E-state index is -0.109. The van der Waals surface area contributed by atoms with E-state index in [1.807, 2.05) is 38.1 Å². The van der Waals surface area contributed by atoms with Gasteiger partial charge in [0.15, 0.2) is 5.76 Å². The molecule has 1 aromatic heterocycles. The molecular formula is C17H20N2O3. The molecule has 22 heavy (non-hydrogen) atoms. The molecule has 0 spiro atoms. The van der Waals surface area contributed by atoms with Gasteiger partial charge in [-0.05, 0) is 38.1 Å². The van der Waals surface area contributed by atoms with Crippen molar-refractivity contribution in [2.45, 2.75) is 26.1 Å². The van der Waals surface area contributed by atoms with Crippen molar-refractivity contribution in [3.8, 4) is 11.3 Å². The molecule has 2 aromatic rings. The Hall–Kier alpha value is -2.27. The van der Waals surface area contributed by atoms with Crippen LogP contribution in [0.5, 0.6) is 0 Å². The predicted molar refractivity (Wildman–Crippen MR) is 84.5 cm³/mol. The van der Waals surface area contributed by atoms with E-state index in [1.54, 1.807) is 17.0 Å². The first kappa shape index (κ1) is 14.7. The Labute approximate surface area is 129 Å². The molecule has 0 aliphatic carbocycles. The summed E-state index contributed by atoms with van der Waals surface area (Å²) in [5.41, 5.74) is 7.37. The molecule has 1 amide bonds. The lowest BCUT2D eigenvalue weighted by molar-refractivity contribution is -0.0592. The van der Waals surface area contributed by atoms with E-state index in [-0.39, 0.29) is 18.1 Å². The zero-order valence-corrected chi connectivity index (χ0v) is 12.8. The smallest absolute Gasteiger partial charge is 0.289 e. The molecule has 2 heterocycles. The second-order valence-corrected chi connectivity index (χ2v) is 5.72. The van der Waals surface area contributed by atoms with Gasteiger partial charge in [-0.2, -0.15) is 0 Å².